The molecule has 0 atom stereocenters. The summed E-state index contributed by atoms with van der Waals surface area (Å²) in [5, 5.41) is 3.58. The molecular weight excluding hydrogens is 598 g/mol. The number of ether oxygens (including phenoxy) is 1. The molecule has 10 heteroatoms. The van der Waals surface area contributed by atoms with Crippen LogP contribution in [-0.4, -0.2) is 39.9 Å². The van der Waals surface area contributed by atoms with Crippen LogP contribution < -0.4 is 9.30 Å². The fourth-order valence-corrected chi connectivity index (χ4v) is 6.38. The van der Waals surface area contributed by atoms with Gasteiger partial charge in [0.05, 0.1) is 0 Å². The smallest absolute Gasteiger partial charge is 0.172 e. The van der Waals surface area contributed by atoms with Crippen molar-refractivity contribution in [3.63, 3.8) is 0 Å². The van der Waals surface area contributed by atoms with E-state index < -0.39 is 0 Å². The first-order chi connectivity index (χ1) is 23.6. The lowest BCUT2D eigenvalue weighted by molar-refractivity contribution is -0.671. The maximum atomic E-state index is 6.25. The molecule has 8 bridgehead atoms. The number of benzene rings is 4. The van der Waals surface area contributed by atoms with Crippen LogP contribution in [0.4, 0.5) is 0 Å². The molecule has 0 fully saturated rings. The number of H-pyrrole nitrogens is 2. The SMILES string of the molecule is C[n+]1ccc(Oc2ccc3c4nc5nc(nc6[nH]c(nc7nc(nc([nH]4)c3c2)-c2ccccc2-7)c2ccccc62)-c2ccccc2-5)cc1. The molecule has 4 aromatic carbocycles. The summed E-state index contributed by atoms with van der Waals surface area (Å²) in [4.78, 5) is 37.2. The molecular formula is C38H24N9O+. The van der Waals surface area contributed by atoms with Crippen molar-refractivity contribution < 1.29 is 9.30 Å². The number of aromatic amines is 2. The second kappa shape index (κ2) is 10.1. The van der Waals surface area contributed by atoms with E-state index in [1.165, 1.54) is 0 Å². The van der Waals surface area contributed by atoms with Gasteiger partial charge in [-0.3, -0.25) is 0 Å². The van der Waals surface area contributed by atoms with Crippen LogP contribution in [0.3, 0.4) is 0 Å². The second-order valence-corrected chi connectivity index (χ2v) is 11.8. The van der Waals surface area contributed by atoms with Gasteiger partial charge in [0.15, 0.2) is 35.7 Å². The van der Waals surface area contributed by atoms with Gasteiger partial charge in [0.1, 0.15) is 41.1 Å². The average Bonchev–Trinajstić information content (AvgIpc) is 3.85. The summed E-state index contributed by atoms with van der Waals surface area (Å²) in [5.41, 5.74) is 6.13. The number of fused-ring (bicyclic) bond motifs is 20. The topological polar surface area (TPSA) is 122 Å². The molecule has 0 aliphatic carbocycles. The van der Waals surface area contributed by atoms with Gasteiger partial charge in [-0.1, -0.05) is 72.8 Å². The summed E-state index contributed by atoms with van der Waals surface area (Å²) in [6.45, 7) is 0. The molecule has 8 aromatic rings. The molecule has 2 aliphatic heterocycles. The lowest BCUT2D eigenvalue weighted by Gasteiger charge is -2.04. The summed E-state index contributed by atoms with van der Waals surface area (Å²) in [7, 11) is 1.97. The first kappa shape index (κ1) is 26.4. The van der Waals surface area contributed by atoms with Gasteiger partial charge in [0.2, 0.25) is 0 Å². The molecule has 0 saturated carbocycles. The number of pyridine rings is 1. The van der Waals surface area contributed by atoms with Crippen molar-refractivity contribution in [3.05, 3.63) is 116 Å². The molecule has 2 N–H and O–H groups in total. The lowest BCUT2D eigenvalue weighted by Crippen LogP contribution is -2.25. The largest absolute Gasteiger partial charge is 0.457 e. The number of rotatable bonds is 2. The number of hydrogen-bond acceptors (Lipinski definition) is 7. The van der Waals surface area contributed by atoms with E-state index in [0.717, 1.165) is 49.5 Å². The van der Waals surface area contributed by atoms with Gasteiger partial charge in [-0.15, -0.1) is 0 Å². The summed E-state index contributed by atoms with van der Waals surface area (Å²) in [6.07, 6.45) is 3.89. The van der Waals surface area contributed by atoms with E-state index in [2.05, 4.69) is 9.97 Å². The first-order valence-corrected chi connectivity index (χ1v) is 15.5. The Morgan fingerprint density at radius 2 is 0.854 bits per heavy atom. The van der Waals surface area contributed by atoms with Crippen LogP contribution in [0.5, 0.6) is 11.5 Å². The van der Waals surface area contributed by atoms with E-state index in [9.17, 15) is 0 Å². The Morgan fingerprint density at radius 3 is 1.33 bits per heavy atom. The minimum atomic E-state index is 0.549. The molecule has 2 aliphatic rings. The van der Waals surface area contributed by atoms with Crippen LogP contribution in [0.15, 0.2) is 116 Å². The van der Waals surface area contributed by atoms with Crippen molar-refractivity contribution in [1.82, 2.24) is 39.9 Å². The van der Waals surface area contributed by atoms with Crippen LogP contribution in [0.2, 0.25) is 0 Å². The maximum Gasteiger partial charge on any atom is 0.172 e. The summed E-state index contributed by atoms with van der Waals surface area (Å²) in [6, 6.07) is 33.8. The molecule has 4 aromatic heterocycles. The Labute approximate surface area is 272 Å². The van der Waals surface area contributed by atoms with Crippen LogP contribution in [0.25, 0.3) is 89.7 Å². The third kappa shape index (κ3) is 4.16. The highest BCUT2D eigenvalue weighted by Crippen LogP contribution is 2.37. The molecule has 0 unspecified atom stereocenters. The standard InChI is InChI=1S/C38H24N9O/c1-47-18-16-21(17-19-47)48-22-14-15-29-30(20-22)38-45-36-28-13-7-6-12-27(28)34(43-36)41-32-24-9-3-2-8-23(24)31(39-32)40-33-25-10-4-5-11-26(25)35(42-33)44-37(29)46-38/h2-20H,1H3,(H2,39,40,41,42,43,44,45,46)/q+1. The Bertz CT molecular complexity index is 2780. The molecule has 226 valence electrons. The zero-order valence-electron chi connectivity index (χ0n) is 25.5. The maximum absolute atomic E-state index is 6.25. The number of hydrogen-bond donors (Lipinski definition) is 2. The van der Waals surface area contributed by atoms with E-state index in [1.807, 2.05) is 127 Å². The normalized spacial score (nSPS) is 11.9. The minimum Gasteiger partial charge on any atom is -0.457 e. The van der Waals surface area contributed by atoms with Crippen LogP contribution in [-0.2, 0) is 7.05 Å². The van der Waals surface area contributed by atoms with Gasteiger partial charge in [0, 0.05) is 55.9 Å². The van der Waals surface area contributed by atoms with Gasteiger partial charge >= 0.3 is 0 Å². The highest BCUT2D eigenvalue weighted by atomic mass is 16.5. The van der Waals surface area contributed by atoms with E-state index in [1.54, 1.807) is 0 Å². The van der Waals surface area contributed by atoms with E-state index >= 15 is 0 Å². The third-order valence-electron chi connectivity index (χ3n) is 8.71. The number of nitrogens with zero attached hydrogens (tertiary/aromatic N) is 7. The summed E-state index contributed by atoms with van der Waals surface area (Å²) in [5.74, 6) is 3.65. The van der Waals surface area contributed by atoms with Gasteiger partial charge in [-0.05, 0) is 18.2 Å². The zero-order valence-corrected chi connectivity index (χ0v) is 25.5. The van der Waals surface area contributed by atoms with E-state index in [4.69, 9.17) is 34.6 Å². The molecule has 10 nitrogen and oxygen atoms in total. The van der Waals surface area contributed by atoms with Crippen molar-refractivity contribution in [2.75, 3.05) is 0 Å². The lowest BCUT2D eigenvalue weighted by atomic mass is 10.1. The molecule has 48 heavy (non-hydrogen) atoms. The Balaban J connectivity index is 1.32. The first-order valence-electron chi connectivity index (χ1n) is 15.5. The fourth-order valence-electron chi connectivity index (χ4n) is 6.38. The third-order valence-corrected chi connectivity index (χ3v) is 8.71. The second-order valence-electron chi connectivity index (χ2n) is 11.8. The molecule has 0 saturated heterocycles. The molecule has 10 rings (SSSR count). The monoisotopic (exact) mass is 622 g/mol. The minimum absolute atomic E-state index is 0.549. The zero-order chi connectivity index (χ0) is 31.8. The van der Waals surface area contributed by atoms with Crippen LogP contribution in [0.1, 0.15) is 0 Å². The molecule has 0 radical (unpaired) electrons. The van der Waals surface area contributed by atoms with Crippen molar-refractivity contribution >= 4 is 44.1 Å². The molecule has 0 spiro atoms. The number of aromatic nitrogens is 9. The highest BCUT2D eigenvalue weighted by Gasteiger charge is 2.22. The molecule has 6 heterocycles. The van der Waals surface area contributed by atoms with Crippen LogP contribution in [0, 0.1) is 0 Å². The van der Waals surface area contributed by atoms with Gasteiger partial charge in [-0.25, -0.2) is 34.5 Å². The van der Waals surface area contributed by atoms with Gasteiger partial charge in [-0.2, -0.15) is 0 Å². The van der Waals surface area contributed by atoms with Crippen molar-refractivity contribution in [1.29, 1.82) is 0 Å². The highest BCUT2D eigenvalue weighted by molar-refractivity contribution is 6.06. The van der Waals surface area contributed by atoms with E-state index in [0.29, 0.717) is 51.6 Å². The Kier molecular flexibility index (Phi) is 5.56. The van der Waals surface area contributed by atoms with Crippen molar-refractivity contribution in [3.8, 4) is 57.1 Å². The number of nitrogens with one attached hydrogen (secondary N) is 2. The fraction of sp³-hybridized carbons (Fsp3) is 0.0263. The molecule has 0 amide bonds. The van der Waals surface area contributed by atoms with Crippen molar-refractivity contribution in [2.24, 2.45) is 7.05 Å². The van der Waals surface area contributed by atoms with Gasteiger partial charge in [0.25, 0.3) is 0 Å². The van der Waals surface area contributed by atoms with E-state index in [-0.39, 0.29) is 0 Å². The number of aryl methyl sites for hydroxylation is 1. The Hall–Kier alpha value is -6.81. The van der Waals surface area contributed by atoms with Crippen LogP contribution >= 0.6 is 0 Å². The predicted octanol–water partition coefficient (Wildman–Crippen LogP) is 7.49. The summed E-state index contributed by atoms with van der Waals surface area (Å²) < 4.78 is 8.21. The quantitative estimate of drug-likeness (QED) is 0.192. The average molecular weight is 623 g/mol. The van der Waals surface area contributed by atoms with Gasteiger partial charge < -0.3 is 14.7 Å². The summed E-state index contributed by atoms with van der Waals surface area (Å²) >= 11 is 0. The van der Waals surface area contributed by atoms with Crippen molar-refractivity contribution in [2.45, 2.75) is 0 Å². The Morgan fingerprint density at radius 1 is 0.438 bits per heavy atom. The predicted molar refractivity (Wildman–Crippen MR) is 184 cm³/mol.